The molecule has 0 radical (unpaired) electrons. The molecule has 0 amide bonds. The van der Waals surface area contributed by atoms with E-state index in [9.17, 15) is 0 Å². The van der Waals surface area contributed by atoms with Crippen molar-refractivity contribution in [1.82, 2.24) is 10.3 Å². The van der Waals surface area contributed by atoms with E-state index < -0.39 is 0 Å². The van der Waals surface area contributed by atoms with E-state index in [2.05, 4.69) is 23.3 Å². The monoisotopic (exact) mass is 220 g/mol. The second-order valence-corrected chi connectivity index (χ2v) is 4.45. The molecule has 1 aliphatic carbocycles. The number of pyridine rings is 1. The fraction of sp³-hybridized carbons (Fsp3) is 0.615. The Morgan fingerprint density at radius 3 is 2.94 bits per heavy atom. The highest BCUT2D eigenvalue weighted by Crippen LogP contribution is 2.37. The number of ether oxygens (including phenoxy) is 1. The largest absolute Gasteiger partial charge is 0.495 e. The van der Waals surface area contributed by atoms with Crippen LogP contribution in [-0.4, -0.2) is 18.6 Å². The van der Waals surface area contributed by atoms with Crippen molar-refractivity contribution < 1.29 is 4.74 Å². The van der Waals surface area contributed by atoms with Gasteiger partial charge in [0.2, 0.25) is 0 Å². The average molecular weight is 220 g/mol. The van der Waals surface area contributed by atoms with Crippen LogP contribution in [0.2, 0.25) is 0 Å². The summed E-state index contributed by atoms with van der Waals surface area (Å²) in [5, 5.41) is 3.53. The molecule has 1 N–H and O–H groups in total. The normalized spacial score (nSPS) is 17.1. The number of hydrogen-bond donors (Lipinski definition) is 1. The van der Waals surface area contributed by atoms with Crippen LogP contribution in [0.3, 0.4) is 0 Å². The molecule has 16 heavy (non-hydrogen) atoms. The molecule has 0 bridgehead atoms. The zero-order chi connectivity index (χ0) is 11.4. The minimum atomic E-state index is 0.431. The molecule has 0 aromatic carbocycles. The Labute approximate surface area is 97.2 Å². The van der Waals surface area contributed by atoms with E-state index >= 15 is 0 Å². The van der Waals surface area contributed by atoms with E-state index in [-0.39, 0.29) is 0 Å². The summed E-state index contributed by atoms with van der Waals surface area (Å²) in [4.78, 5) is 4.22. The third kappa shape index (κ3) is 2.95. The Morgan fingerprint density at radius 1 is 1.50 bits per heavy atom. The van der Waals surface area contributed by atoms with Crippen molar-refractivity contribution in [3.63, 3.8) is 0 Å². The number of aromatic nitrogens is 1. The maximum Gasteiger partial charge on any atom is 0.137 e. The van der Waals surface area contributed by atoms with Gasteiger partial charge in [-0.3, -0.25) is 4.98 Å². The molecule has 0 spiro atoms. The topological polar surface area (TPSA) is 34.2 Å². The van der Waals surface area contributed by atoms with E-state index in [0.29, 0.717) is 6.04 Å². The highest BCUT2D eigenvalue weighted by atomic mass is 16.5. The highest BCUT2D eigenvalue weighted by molar-refractivity contribution is 5.26. The molecule has 1 aliphatic rings. The van der Waals surface area contributed by atoms with Crippen molar-refractivity contribution in [1.29, 1.82) is 0 Å². The first-order chi connectivity index (χ1) is 7.83. The van der Waals surface area contributed by atoms with Gasteiger partial charge in [-0.1, -0.05) is 19.8 Å². The summed E-state index contributed by atoms with van der Waals surface area (Å²) in [6.07, 6.45) is 7.70. The van der Waals surface area contributed by atoms with E-state index in [1.54, 1.807) is 13.3 Å². The van der Waals surface area contributed by atoms with Crippen molar-refractivity contribution in [2.45, 2.75) is 32.2 Å². The lowest BCUT2D eigenvalue weighted by molar-refractivity contribution is 0.409. The van der Waals surface area contributed by atoms with Crippen molar-refractivity contribution in [3.05, 3.63) is 24.0 Å². The zero-order valence-corrected chi connectivity index (χ0v) is 10.1. The van der Waals surface area contributed by atoms with Crippen molar-refractivity contribution >= 4 is 0 Å². The number of rotatable bonds is 6. The highest BCUT2D eigenvalue weighted by Gasteiger charge is 2.26. The van der Waals surface area contributed by atoms with Crippen LogP contribution in [-0.2, 0) is 0 Å². The van der Waals surface area contributed by atoms with E-state index in [1.807, 2.05) is 6.20 Å². The van der Waals surface area contributed by atoms with Gasteiger partial charge in [0.25, 0.3) is 0 Å². The van der Waals surface area contributed by atoms with E-state index in [0.717, 1.165) is 18.2 Å². The van der Waals surface area contributed by atoms with Gasteiger partial charge in [0.05, 0.1) is 13.3 Å². The molecular weight excluding hydrogens is 200 g/mol. The lowest BCUT2D eigenvalue weighted by Gasteiger charge is -2.18. The predicted octanol–water partition coefficient (Wildman–Crippen LogP) is 2.54. The number of methoxy groups -OCH3 is 1. The van der Waals surface area contributed by atoms with Crippen molar-refractivity contribution in [2.24, 2.45) is 5.92 Å². The predicted molar refractivity (Wildman–Crippen MR) is 64.5 cm³/mol. The Bertz CT molecular complexity index is 336. The van der Waals surface area contributed by atoms with Gasteiger partial charge in [0.1, 0.15) is 5.75 Å². The minimum Gasteiger partial charge on any atom is -0.495 e. The van der Waals surface area contributed by atoms with Gasteiger partial charge in [-0.25, -0.2) is 0 Å². The average Bonchev–Trinajstić information content (AvgIpc) is 3.12. The lowest BCUT2D eigenvalue weighted by Crippen LogP contribution is -2.21. The van der Waals surface area contributed by atoms with Gasteiger partial charge in [0.15, 0.2) is 0 Å². The van der Waals surface area contributed by atoms with Crippen LogP contribution in [0.25, 0.3) is 0 Å². The molecule has 1 aromatic heterocycles. The summed E-state index contributed by atoms with van der Waals surface area (Å²) >= 11 is 0. The third-order valence-corrected chi connectivity index (χ3v) is 3.09. The minimum absolute atomic E-state index is 0.431. The van der Waals surface area contributed by atoms with Gasteiger partial charge in [-0.15, -0.1) is 0 Å². The molecule has 1 fully saturated rings. The second kappa shape index (κ2) is 5.30. The first-order valence-corrected chi connectivity index (χ1v) is 6.05. The van der Waals surface area contributed by atoms with Crippen LogP contribution in [0.5, 0.6) is 5.75 Å². The summed E-state index contributed by atoms with van der Waals surface area (Å²) < 4.78 is 5.21. The SMILES string of the molecule is CCNC(CC1CC1)c1cncc(OC)c1. The number of hydrogen-bond acceptors (Lipinski definition) is 3. The van der Waals surface area contributed by atoms with Crippen LogP contribution in [0.4, 0.5) is 0 Å². The van der Waals surface area contributed by atoms with Crippen LogP contribution in [0, 0.1) is 5.92 Å². The van der Waals surface area contributed by atoms with Gasteiger partial charge < -0.3 is 10.1 Å². The summed E-state index contributed by atoms with van der Waals surface area (Å²) in [5.41, 5.74) is 1.24. The van der Waals surface area contributed by atoms with Gasteiger partial charge in [-0.2, -0.15) is 0 Å². The fourth-order valence-corrected chi connectivity index (χ4v) is 2.01. The molecule has 1 aromatic rings. The van der Waals surface area contributed by atoms with E-state index in [4.69, 9.17) is 4.74 Å². The summed E-state index contributed by atoms with van der Waals surface area (Å²) in [5.74, 6) is 1.76. The summed E-state index contributed by atoms with van der Waals surface area (Å²) in [6.45, 7) is 3.14. The molecular formula is C13H20N2O. The standard InChI is InChI=1S/C13H20N2O/c1-3-15-13(6-10-4-5-10)11-7-12(16-2)9-14-8-11/h7-10,13,15H,3-6H2,1-2H3. The lowest BCUT2D eigenvalue weighted by atomic mass is 10.0. The summed E-state index contributed by atoms with van der Waals surface area (Å²) in [6, 6.07) is 2.52. The quantitative estimate of drug-likeness (QED) is 0.800. The Balaban J connectivity index is 2.08. The zero-order valence-electron chi connectivity index (χ0n) is 10.1. The van der Waals surface area contributed by atoms with Gasteiger partial charge in [-0.05, 0) is 30.5 Å². The van der Waals surface area contributed by atoms with Crippen molar-refractivity contribution in [3.8, 4) is 5.75 Å². The van der Waals surface area contributed by atoms with Crippen LogP contribution < -0.4 is 10.1 Å². The molecule has 3 nitrogen and oxygen atoms in total. The molecule has 0 aliphatic heterocycles. The molecule has 0 saturated heterocycles. The fourth-order valence-electron chi connectivity index (χ4n) is 2.01. The van der Waals surface area contributed by atoms with Gasteiger partial charge >= 0.3 is 0 Å². The first-order valence-electron chi connectivity index (χ1n) is 6.05. The maximum absolute atomic E-state index is 5.21. The first kappa shape index (κ1) is 11.4. The molecule has 1 heterocycles. The molecule has 1 unspecified atom stereocenters. The smallest absolute Gasteiger partial charge is 0.137 e. The van der Waals surface area contributed by atoms with Crippen LogP contribution in [0.15, 0.2) is 18.5 Å². The summed E-state index contributed by atoms with van der Waals surface area (Å²) in [7, 11) is 1.68. The van der Waals surface area contributed by atoms with Crippen molar-refractivity contribution in [2.75, 3.05) is 13.7 Å². The molecule has 1 atom stereocenters. The molecule has 2 rings (SSSR count). The molecule has 1 saturated carbocycles. The Kier molecular flexibility index (Phi) is 3.78. The van der Waals surface area contributed by atoms with Gasteiger partial charge in [0, 0.05) is 12.2 Å². The molecule has 88 valence electrons. The molecule has 3 heteroatoms. The van der Waals surface area contributed by atoms with Crippen LogP contribution in [0.1, 0.15) is 37.8 Å². The Hall–Kier alpha value is -1.09. The van der Waals surface area contributed by atoms with Crippen LogP contribution >= 0.6 is 0 Å². The number of nitrogens with one attached hydrogen (secondary N) is 1. The second-order valence-electron chi connectivity index (χ2n) is 4.45. The Morgan fingerprint density at radius 2 is 2.31 bits per heavy atom. The van der Waals surface area contributed by atoms with E-state index in [1.165, 1.54) is 24.8 Å². The third-order valence-electron chi connectivity index (χ3n) is 3.09. The maximum atomic E-state index is 5.21. The number of nitrogens with zero attached hydrogens (tertiary/aromatic N) is 1.